The van der Waals surface area contributed by atoms with E-state index in [1.807, 2.05) is 29.7 Å². The monoisotopic (exact) mass is 511 g/mol. The number of imidazole rings is 2. The van der Waals surface area contributed by atoms with Crippen LogP contribution in [-0.4, -0.2) is 46.9 Å². The maximum absolute atomic E-state index is 13.7. The number of carbonyl (C=O) groups is 1. The molecule has 4 aromatic heterocycles. The van der Waals surface area contributed by atoms with Gasteiger partial charge in [-0.3, -0.25) is 9.20 Å². The normalized spacial score (nSPS) is 21.9. The molecule has 0 spiro atoms. The summed E-state index contributed by atoms with van der Waals surface area (Å²) in [5, 5.41) is 12.5. The molecule has 4 heterocycles. The van der Waals surface area contributed by atoms with Crippen LogP contribution in [0.15, 0.2) is 55.0 Å². The van der Waals surface area contributed by atoms with Gasteiger partial charge in [0.2, 0.25) is 0 Å². The fourth-order valence-corrected chi connectivity index (χ4v) is 6.44. The second-order valence-electron chi connectivity index (χ2n) is 10.8. The average molecular weight is 512 g/mol. The number of aliphatic hydroxyl groups excluding tert-OH is 1. The summed E-state index contributed by atoms with van der Waals surface area (Å²) in [5.74, 6) is -0.448. The minimum Gasteiger partial charge on any atom is -0.396 e. The fourth-order valence-electron chi connectivity index (χ4n) is 6.44. The number of amides is 1. The number of nitrogens with two attached hydrogens (primary N) is 1. The summed E-state index contributed by atoms with van der Waals surface area (Å²) in [5.41, 5.74) is 11.4. The third-order valence-corrected chi connectivity index (χ3v) is 8.11. The lowest BCUT2D eigenvalue weighted by Crippen LogP contribution is -2.74. The zero-order chi connectivity index (χ0) is 26.2. The molecule has 192 valence electrons. The van der Waals surface area contributed by atoms with E-state index in [0.29, 0.717) is 22.6 Å². The van der Waals surface area contributed by atoms with Gasteiger partial charge in [-0.1, -0.05) is 0 Å². The van der Waals surface area contributed by atoms with Crippen molar-refractivity contribution in [2.24, 2.45) is 5.41 Å². The van der Waals surface area contributed by atoms with Gasteiger partial charge in [-0.2, -0.15) is 0 Å². The zero-order valence-electron chi connectivity index (χ0n) is 20.8. The van der Waals surface area contributed by atoms with E-state index in [9.17, 15) is 14.3 Å². The highest BCUT2D eigenvalue weighted by atomic mass is 19.1. The summed E-state index contributed by atoms with van der Waals surface area (Å²) in [7, 11) is 0. The number of nitrogens with zero attached hydrogens (tertiary/aromatic N) is 5. The van der Waals surface area contributed by atoms with Crippen molar-refractivity contribution in [2.45, 2.75) is 38.1 Å². The first kappa shape index (κ1) is 22.9. The summed E-state index contributed by atoms with van der Waals surface area (Å²) in [6, 6.07) is 9.92. The standard InChI is InChI=1S/C28H26FN7O2/c1-16-10-31-21-7-4-18(11-35(16)21)23-22(17-2-5-19(29)6-3-17)33-24(30)25-32-20(12-36(23)25)26(38)34-28-13-27(14-28,15-28)8-9-37/h2-7,10-12,37H,8-9,13-15H2,1H3,(H2,30,33)(H,34,38). The Bertz CT molecular complexity index is 1740. The predicted octanol–water partition coefficient (Wildman–Crippen LogP) is 3.78. The second-order valence-corrected chi connectivity index (χ2v) is 10.8. The molecule has 10 heteroatoms. The SMILES string of the molecule is Cc1cnc2ccc(-c3c(-c4ccc(F)cc4)nc(N)c4nc(C(=O)NC56CC(CCO)(C5)C6)cn34)cn12. The largest absolute Gasteiger partial charge is 0.396 e. The van der Waals surface area contributed by atoms with Gasteiger partial charge in [-0.05, 0) is 74.4 Å². The predicted molar refractivity (Wildman–Crippen MR) is 140 cm³/mol. The van der Waals surface area contributed by atoms with Gasteiger partial charge < -0.3 is 20.6 Å². The van der Waals surface area contributed by atoms with Gasteiger partial charge in [0.15, 0.2) is 11.5 Å². The zero-order valence-corrected chi connectivity index (χ0v) is 20.8. The molecule has 0 radical (unpaired) electrons. The minimum atomic E-state index is -0.351. The van der Waals surface area contributed by atoms with Crippen LogP contribution >= 0.6 is 0 Å². The molecule has 3 aliphatic carbocycles. The number of aryl methyl sites for hydroxylation is 1. The number of nitrogens with one attached hydrogen (secondary N) is 1. The number of fused-ring (bicyclic) bond motifs is 2. The quantitative estimate of drug-likeness (QED) is 0.319. The molecule has 0 atom stereocenters. The van der Waals surface area contributed by atoms with E-state index in [1.165, 1.54) is 12.1 Å². The Kier molecular flexibility index (Phi) is 4.72. The third kappa shape index (κ3) is 3.33. The van der Waals surface area contributed by atoms with Crippen LogP contribution in [0, 0.1) is 18.2 Å². The molecular weight excluding hydrogens is 485 g/mol. The van der Waals surface area contributed by atoms with Crippen LogP contribution in [0.25, 0.3) is 33.8 Å². The van der Waals surface area contributed by atoms with Crippen molar-refractivity contribution in [3.05, 3.63) is 72.2 Å². The van der Waals surface area contributed by atoms with Gasteiger partial charge in [0.05, 0.1) is 11.4 Å². The van der Waals surface area contributed by atoms with E-state index >= 15 is 0 Å². The van der Waals surface area contributed by atoms with Gasteiger partial charge in [0.1, 0.15) is 17.2 Å². The number of aromatic nitrogens is 5. The van der Waals surface area contributed by atoms with Crippen molar-refractivity contribution in [1.82, 2.24) is 29.1 Å². The van der Waals surface area contributed by atoms with Gasteiger partial charge in [0, 0.05) is 47.6 Å². The first-order chi connectivity index (χ1) is 18.3. The lowest BCUT2D eigenvalue weighted by Gasteiger charge is -2.70. The van der Waals surface area contributed by atoms with Crippen LogP contribution in [0.5, 0.6) is 0 Å². The number of pyridine rings is 1. The average Bonchev–Trinajstić information content (AvgIpc) is 3.47. The van der Waals surface area contributed by atoms with Crippen molar-refractivity contribution in [3.63, 3.8) is 0 Å². The molecule has 38 heavy (non-hydrogen) atoms. The topological polar surface area (TPSA) is 123 Å². The molecular formula is C28H26FN7O2. The molecule has 4 N–H and O–H groups in total. The Morgan fingerprint density at radius 3 is 2.55 bits per heavy atom. The molecule has 5 aromatic rings. The third-order valence-electron chi connectivity index (χ3n) is 8.11. The van der Waals surface area contributed by atoms with E-state index in [-0.39, 0.29) is 40.8 Å². The summed E-state index contributed by atoms with van der Waals surface area (Å²) in [6.45, 7) is 2.14. The number of hydrogen-bond donors (Lipinski definition) is 3. The summed E-state index contributed by atoms with van der Waals surface area (Å²) in [4.78, 5) is 27.0. The molecule has 0 unspecified atom stereocenters. The van der Waals surface area contributed by atoms with Crippen LogP contribution < -0.4 is 11.1 Å². The van der Waals surface area contributed by atoms with E-state index in [0.717, 1.165) is 42.6 Å². The van der Waals surface area contributed by atoms with Crippen molar-refractivity contribution >= 4 is 23.0 Å². The van der Waals surface area contributed by atoms with Crippen LogP contribution in [0.3, 0.4) is 0 Å². The highest BCUT2D eigenvalue weighted by Crippen LogP contribution is 2.68. The molecule has 3 saturated carbocycles. The number of halogens is 1. The van der Waals surface area contributed by atoms with Crippen molar-refractivity contribution in [3.8, 4) is 22.5 Å². The van der Waals surface area contributed by atoms with Crippen LogP contribution in [0.2, 0.25) is 0 Å². The summed E-state index contributed by atoms with van der Waals surface area (Å²) in [6.07, 6.45) is 8.86. The Morgan fingerprint density at radius 2 is 1.82 bits per heavy atom. The minimum absolute atomic E-state index is 0.166. The lowest BCUT2D eigenvalue weighted by molar-refractivity contribution is -0.157. The van der Waals surface area contributed by atoms with Crippen LogP contribution in [-0.2, 0) is 0 Å². The van der Waals surface area contributed by atoms with Gasteiger partial charge in [-0.25, -0.2) is 19.3 Å². The molecule has 1 aromatic carbocycles. The van der Waals surface area contributed by atoms with E-state index in [2.05, 4.69) is 20.3 Å². The summed E-state index contributed by atoms with van der Waals surface area (Å²) < 4.78 is 17.5. The lowest BCUT2D eigenvalue weighted by atomic mass is 9.38. The molecule has 2 bridgehead atoms. The number of hydrogen-bond acceptors (Lipinski definition) is 6. The molecule has 3 fully saturated rings. The highest BCUT2D eigenvalue weighted by Gasteiger charge is 2.67. The number of anilines is 1. The molecule has 9 nitrogen and oxygen atoms in total. The van der Waals surface area contributed by atoms with Gasteiger partial charge >= 0.3 is 0 Å². The first-order valence-corrected chi connectivity index (χ1v) is 12.6. The number of nitrogen functional groups attached to an aromatic ring is 1. The van der Waals surface area contributed by atoms with Gasteiger partial charge in [-0.15, -0.1) is 0 Å². The maximum atomic E-state index is 13.7. The van der Waals surface area contributed by atoms with E-state index in [4.69, 9.17) is 5.73 Å². The molecule has 1 amide bonds. The molecule has 0 aliphatic heterocycles. The van der Waals surface area contributed by atoms with E-state index < -0.39 is 0 Å². The Balaban J connectivity index is 1.35. The number of aliphatic hydroxyl groups is 1. The van der Waals surface area contributed by atoms with Crippen molar-refractivity contribution in [1.29, 1.82) is 0 Å². The maximum Gasteiger partial charge on any atom is 0.271 e. The molecule has 0 saturated heterocycles. The highest BCUT2D eigenvalue weighted by molar-refractivity contribution is 5.95. The van der Waals surface area contributed by atoms with Crippen LogP contribution in [0.4, 0.5) is 10.2 Å². The smallest absolute Gasteiger partial charge is 0.271 e. The fraction of sp³-hybridized carbons (Fsp3) is 0.286. The number of rotatable bonds is 6. The Morgan fingerprint density at radius 1 is 1.08 bits per heavy atom. The Labute approximate surface area is 217 Å². The van der Waals surface area contributed by atoms with Crippen LogP contribution in [0.1, 0.15) is 41.9 Å². The summed E-state index contributed by atoms with van der Waals surface area (Å²) >= 11 is 0. The van der Waals surface area contributed by atoms with Gasteiger partial charge in [0.25, 0.3) is 5.91 Å². The molecule has 8 rings (SSSR count). The van der Waals surface area contributed by atoms with Crippen molar-refractivity contribution < 1.29 is 14.3 Å². The second kappa shape index (κ2) is 7.84. The Hall–Kier alpha value is -4.31. The van der Waals surface area contributed by atoms with Crippen molar-refractivity contribution in [2.75, 3.05) is 12.3 Å². The first-order valence-electron chi connectivity index (χ1n) is 12.6. The molecule has 3 aliphatic rings. The number of benzene rings is 1. The number of carbonyl (C=O) groups excluding carboxylic acids is 1. The van der Waals surface area contributed by atoms with E-state index in [1.54, 1.807) is 28.9 Å².